The number of sulfonamides is 1. The average Bonchev–Trinajstić information content (AvgIpc) is 2.56. The molecular formula is C17H28ClN3O3S. The van der Waals surface area contributed by atoms with Gasteiger partial charge in [-0.1, -0.05) is 19.4 Å². The number of nitrogens with zero attached hydrogens (tertiary/aromatic N) is 1. The van der Waals surface area contributed by atoms with Crippen LogP contribution in [-0.4, -0.2) is 37.8 Å². The van der Waals surface area contributed by atoms with E-state index in [2.05, 4.69) is 5.32 Å². The maximum absolute atomic E-state index is 12.9. The van der Waals surface area contributed by atoms with Gasteiger partial charge < -0.3 is 11.1 Å². The Balaban J connectivity index is 0.00000312. The zero-order chi connectivity index (χ0) is 17.9. The minimum absolute atomic E-state index is 0. The summed E-state index contributed by atoms with van der Waals surface area (Å²) in [5.41, 5.74) is 6.91. The van der Waals surface area contributed by atoms with E-state index >= 15 is 0 Å². The Kier molecular flexibility index (Phi) is 7.87. The monoisotopic (exact) mass is 389 g/mol. The maximum Gasteiger partial charge on any atom is 0.243 e. The first-order valence-electron chi connectivity index (χ1n) is 8.40. The smallest absolute Gasteiger partial charge is 0.243 e. The van der Waals surface area contributed by atoms with Crippen molar-refractivity contribution in [2.75, 3.05) is 18.4 Å². The van der Waals surface area contributed by atoms with Crippen molar-refractivity contribution in [2.45, 2.75) is 51.0 Å². The van der Waals surface area contributed by atoms with Gasteiger partial charge in [-0.15, -0.1) is 12.4 Å². The highest BCUT2D eigenvalue weighted by atomic mass is 35.5. The predicted molar refractivity (Wildman–Crippen MR) is 102 cm³/mol. The summed E-state index contributed by atoms with van der Waals surface area (Å²) in [7, 11) is -3.53. The van der Waals surface area contributed by atoms with Crippen LogP contribution in [0.25, 0.3) is 0 Å². The number of hydrogen-bond donors (Lipinski definition) is 2. The topological polar surface area (TPSA) is 92.5 Å². The van der Waals surface area contributed by atoms with Crippen LogP contribution in [-0.2, 0) is 14.8 Å². The van der Waals surface area contributed by atoms with E-state index in [9.17, 15) is 13.2 Å². The molecule has 1 aromatic carbocycles. The molecule has 6 nitrogen and oxygen atoms in total. The third-order valence-electron chi connectivity index (χ3n) is 4.59. The maximum atomic E-state index is 12.9. The van der Waals surface area contributed by atoms with Gasteiger partial charge in [0.1, 0.15) is 0 Å². The SMILES string of the molecule is Cc1ccc(NC(=O)C(C)C(C)N)cc1S(=O)(=O)N1CCCCC1.Cl. The molecule has 1 aromatic rings. The van der Waals surface area contributed by atoms with Crippen molar-refractivity contribution >= 4 is 34.0 Å². The van der Waals surface area contributed by atoms with Crippen molar-refractivity contribution in [3.8, 4) is 0 Å². The Bertz CT molecular complexity index is 701. The number of halogens is 1. The van der Waals surface area contributed by atoms with Crippen LogP contribution in [0.15, 0.2) is 23.1 Å². The van der Waals surface area contributed by atoms with E-state index in [0.29, 0.717) is 24.3 Å². The molecule has 25 heavy (non-hydrogen) atoms. The number of hydrogen-bond acceptors (Lipinski definition) is 4. The van der Waals surface area contributed by atoms with Crippen LogP contribution in [0.1, 0.15) is 38.7 Å². The van der Waals surface area contributed by atoms with E-state index in [1.807, 2.05) is 0 Å². The van der Waals surface area contributed by atoms with E-state index in [4.69, 9.17) is 5.73 Å². The van der Waals surface area contributed by atoms with Crippen LogP contribution < -0.4 is 11.1 Å². The molecular weight excluding hydrogens is 362 g/mol. The van der Waals surface area contributed by atoms with Gasteiger partial charge >= 0.3 is 0 Å². The van der Waals surface area contributed by atoms with Crippen LogP contribution in [0.3, 0.4) is 0 Å². The average molecular weight is 390 g/mol. The zero-order valence-electron chi connectivity index (χ0n) is 15.0. The van der Waals surface area contributed by atoms with E-state index < -0.39 is 10.0 Å². The highest BCUT2D eigenvalue weighted by Gasteiger charge is 2.28. The van der Waals surface area contributed by atoms with Gasteiger partial charge in [0.25, 0.3) is 0 Å². The second-order valence-electron chi connectivity index (χ2n) is 6.58. The Labute approximate surface area is 156 Å². The van der Waals surface area contributed by atoms with Crippen LogP contribution >= 0.6 is 12.4 Å². The lowest BCUT2D eigenvalue weighted by atomic mass is 10.0. The molecule has 1 fully saturated rings. The fourth-order valence-electron chi connectivity index (χ4n) is 2.69. The summed E-state index contributed by atoms with van der Waals surface area (Å²) in [5, 5.41) is 2.76. The number of piperidine rings is 1. The highest BCUT2D eigenvalue weighted by Crippen LogP contribution is 2.26. The molecule has 2 atom stereocenters. The molecule has 2 rings (SSSR count). The normalized spacial score (nSPS) is 18.1. The molecule has 0 radical (unpaired) electrons. The van der Waals surface area contributed by atoms with Crippen LogP contribution in [0.2, 0.25) is 0 Å². The lowest BCUT2D eigenvalue weighted by Crippen LogP contribution is -2.36. The first-order chi connectivity index (χ1) is 11.2. The summed E-state index contributed by atoms with van der Waals surface area (Å²) in [6.07, 6.45) is 2.84. The Morgan fingerprint density at radius 1 is 1.20 bits per heavy atom. The molecule has 0 spiro atoms. The number of amides is 1. The third kappa shape index (κ3) is 5.17. The number of anilines is 1. The Hall–Kier alpha value is -1.15. The molecule has 1 aliphatic rings. The number of aryl methyl sites for hydroxylation is 1. The molecule has 8 heteroatoms. The first kappa shape index (κ1) is 21.9. The summed E-state index contributed by atoms with van der Waals surface area (Å²) in [6, 6.07) is 4.72. The standard InChI is InChI=1S/C17H27N3O3S.ClH/c1-12-7-8-15(19-17(21)13(2)14(3)18)11-16(12)24(22,23)20-9-5-4-6-10-20;/h7-8,11,13-14H,4-6,9-10,18H2,1-3H3,(H,19,21);1H. The van der Waals surface area contributed by atoms with E-state index in [-0.39, 0.29) is 35.2 Å². The van der Waals surface area contributed by atoms with Crippen molar-refractivity contribution < 1.29 is 13.2 Å². The van der Waals surface area contributed by atoms with Crippen molar-refractivity contribution in [1.82, 2.24) is 4.31 Å². The second kappa shape index (κ2) is 8.98. The first-order valence-corrected chi connectivity index (χ1v) is 9.84. The summed E-state index contributed by atoms with van der Waals surface area (Å²) in [4.78, 5) is 12.4. The highest BCUT2D eigenvalue weighted by molar-refractivity contribution is 7.89. The van der Waals surface area contributed by atoms with E-state index in [0.717, 1.165) is 19.3 Å². The Morgan fingerprint density at radius 3 is 2.36 bits per heavy atom. The predicted octanol–water partition coefficient (Wildman–Crippen LogP) is 2.51. The van der Waals surface area contributed by atoms with Gasteiger partial charge in [0.15, 0.2) is 0 Å². The molecule has 142 valence electrons. The largest absolute Gasteiger partial charge is 0.327 e. The minimum atomic E-state index is -3.53. The van der Waals surface area contributed by atoms with E-state index in [1.54, 1.807) is 39.0 Å². The van der Waals surface area contributed by atoms with Crippen molar-refractivity contribution in [2.24, 2.45) is 11.7 Å². The molecule has 1 saturated heterocycles. The van der Waals surface area contributed by atoms with Gasteiger partial charge in [-0.25, -0.2) is 8.42 Å². The van der Waals surface area contributed by atoms with Crippen molar-refractivity contribution in [1.29, 1.82) is 0 Å². The lowest BCUT2D eigenvalue weighted by Gasteiger charge is -2.26. The molecule has 1 amide bonds. The summed E-state index contributed by atoms with van der Waals surface area (Å²) in [6.45, 7) is 6.40. The molecule has 0 bridgehead atoms. The van der Waals surface area contributed by atoms with Gasteiger partial charge in [-0.2, -0.15) is 4.31 Å². The molecule has 1 heterocycles. The second-order valence-corrected chi connectivity index (χ2v) is 8.49. The van der Waals surface area contributed by atoms with Crippen molar-refractivity contribution in [3.63, 3.8) is 0 Å². The molecule has 0 saturated carbocycles. The number of carbonyl (C=O) groups excluding carboxylic acids is 1. The van der Waals surface area contributed by atoms with Crippen molar-refractivity contribution in [3.05, 3.63) is 23.8 Å². The van der Waals surface area contributed by atoms with Crippen LogP contribution in [0.4, 0.5) is 5.69 Å². The molecule has 0 aliphatic carbocycles. The summed E-state index contributed by atoms with van der Waals surface area (Å²) in [5.74, 6) is -0.566. The quantitative estimate of drug-likeness (QED) is 0.809. The van der Waals surface area contributed by atoms with Crippen LogP contribution in [0.5, 0.6) is 0 Å². The zero-order valence-corrected chi connectivity index (χ0v) is 16.6. The number of nitrogens with one attached hydrogen (secondary N) is 1. The molecule has 3 N–H and O–H groups in total. The minimum Gasteiger partial charge on any atom is -0.327 e. The molecule has 1 aliphatic heterocycles. The number of nitrogens with two attached hydrogens (primary N) is 1. The fourth-order valence-corrected chi connectivity index (χ4v) is 4.46. The van der Waals surface area contributed by atoms with Gasteiger partial charge in [0.2, 0.25) is 15.9 Å². The summed E-state index contributed by atoms with van der Waals surface area (Å²) < 4.78 is 27.3. The molecule has 2 unspecified atom stereocenters. The third-order valence-corrected chi connectivity index (χ3v) is 6.63. The summed E-state index contributed by atoms with van der Waals surface area (Å²) >= 11 is 0. The van der Waals surface area contributed by atoms with Crippen LogP contribution in [0, 0.1) is 12.8 Å². The van der Waals surface area contributed by atoms with Gasteiger partial charge in [-0.3, -0.25) is 4.79 Å². The van der Waals surface area contributed by atoms with Gasteiger partial charge in [0.05, 0.1) is 10.8 Å². The van der Waals surface area contributed by atoms with Gasteiger partial charge in [0, 0.05) is 24.8 Å². The number of rotatable bonds is 5. The molecule has 0 aromatic heterocycles. The van der Waals surface area contributed by atoms with Gasteiger partial charge in [-0.05, 0) is 44.4 Å². The Morgan fingerprint density at radius 2 is 1.80 bits per heavy atom. The number of carbonyl (C=O) groups is 1. The number of benzene rings is 1. The van der Waals surface area contributed by atoms with E-state index in [1.165, 1.54) is 4.31 Å². The lowest BCUT2D eigenvalue weighted by molar-refractivity contribution is -0.119. The fraction of sp³-hybridized carbons (Fsp3) is 0.588.